The number of sulfone groups is 1. The second-order valence-electron chi connectivity index (χ2n) is 9.30. The molecule has 4 aromatic rings. The van der Waals surface area contributed by atoms with Gasteiger partial charge in [0.2, 0.25) is 9.84 Å². The number of amides is 1. The van der Waals surface area contributed by atoms with E-state index in [1.807, 2.05) is 28.8 Å². The number of hydrazine groups is 1. The van der Waals surface area contributed by atoms with Crippen LogP contribution in [0.5, 0.6) is 0 Å². The predicted octanol–water partition coefficient (Wildman–Crippen LogP) is 2.25. The molecule has 1 amide bonds. The number of fused-ring (bicyclic) bond motifs is 2. The molecule has 1 atom stereocenters. The van der Waals surface area contributed by atoms with Gasteiger partial charge in [0.1, 0.15) is 11.5 Å². The highest BCUT2D eigenvalue weighted by molar-refractivity contribution is 7.91. The molecular weight excluding hydrogens is 478 g/mol. The number of nitrogens with one attached hydrogen (secondary N) is 3. The van der Waals surface area contributed by atoms with Crippen molar-refractivity contribution < 1.29 is 13.2 Å². The number of hydrogen-bond acceptors (Lipinski definition) is 7. The molecule has 1 aromatic carbocycles. The lowest BCUT2D eigenvalue weighted by molar-refractivity contribution is 0.0932. The van der Waals surface area contributed by atoms with E-state index < -0.39 is 9.84 Å². The third-order valence-corrected chi connectivity index (χ3v) is 9.02. The summed E-state index contributed by atoms with van der Waals surface area (Å²) >= 11 is 0. The van der Waals surface area contributed by atoms with Crippen LogP contribution in [0.4, 0.5) is 11.5 Å². The average Bonchev–Trinajstić information content (AvgIpc) is 3.66. The minimum Gasteiger partial charge on any atom is -0.354 e. The van der Waals surface area contributed by atoms with E-state index in [0.29, 0.717) is 24.5 Å². The van der Waals surface area contributed by atoms with Gasteiger partial charge in [-0.05, 0) is 61.4 Å². The van der Waals surface area contributed by atoms with Crippen LogP contribution in [-0.4, -0.2) is 47.6 Å². The van der Waals surface area contributed by atoms with Gasteiger partial charge in [-0.15, -0.1) is 0 Å². The highest BCUT2D eigenvalue weighted by Crippen LogP contribution is 2.30. The van der Waals surface area contributed by atoms with Gasteiger partial charge in [0.25, 0.3) is 5.91 Å². The van der Waals surface area contributed by atoms with Gasteiger partial charge < -0.3 is 20.2 Å². The van der Waals surface area contributed by atoms with E-state index in [9.17, 15) is 13.2 Å². The van der Waals surface area contributed by atoms with Gasteiger partial charge in [-0.25, -0.2) is 18.4 Å². The summed E-state index contributed by atoms with van der Waals surface area (Å²) in [5, 5.41) is 7.51. The standard InChI is InChI=1S/C25H27N7O3S/c1-16-23(36(34,35)20-6-7-21-17(12-20)14-26-29-21)13-22(30(16)2)25(33)28-18-9-11-31(15-18)24-5-3-4-19-8-10-27-32(19)24/h3-8,10,12-13,18,26,29H,9,11,14-15H2,1-2H3,(H,28,33)/t18-/m1/s1. The minimum absolute atomic E-state index is 0.0599. The number of carbonyl (C=O) groups excluding carboxylic acids is 1. The van der Waals surface area contributed by atoms with Gasteiger partial charge in [-0.1, -0.05) is 6.07 Å². The molecule has 2 aliphatic heterocycles. The first kappa shape index (κ1) is 22.6. The van der Waals surface area contributed by atoms with E-state index in [4.69, 9.17) is 0 Å². The normalized spacial score (nSPS) is 17.4. The van der Waals surface area contributed by atoms with E-state index in [1.54, 1.807) is 42.9 Å². The highest BCUT2D eigenvalue weighted by Gasteiger charge is 2.30. The van der Waals surface area contributed by atoms with Crippen molar-refractivity contribution >= 4 is 32.8 Å². The van der Waals surface area contributed by atoms with Crippen LogP contribution in [0.2, 0.25) is 0 Å². The maximum atomic E-state index is 13.5. The van der Waals surface area contributed by atoms with Crippen molar-refractivity contribution in [1.82, 2.24) is 24.9 Å². The molecule has 0 bridgehead atoms. The maximum Gasteiger partial charge on any atom is 0.268 e. The number of aromatic nitrogens is 3. The zero-order chi connectivity index (χ0) is 25.0. The Morgan fingerprint density at radius 2 is 2.03 bits per heavy atom. The molecule has 0 saturated carbocycles. The first-order chi connectivity index (χ1) is 17.3. The van der Waals surface area contributed by atoms with Crippen LogP contribution in [0.3, 0.4) is 0 Å². The monoisotopic (exact) mass is 505 g/mol. The molecule has 5 heterocycles. The largest absolute Gasteiger partial charge is 0.354 e. The van der Waals surface area contributed by atoms with Crippen molar-refractivity contribution in [2.75, 3.05) is 23.4 Å². The fourth-order valence-electron chi connectivity index (χ4n) is 5.05. The van der Waals surface area contributed by atoms with Crippen molar-refractivity contribution in [1.29, 1.82) is 0 Å². The van der Waals surface area contributed by atoms with Gasteiger partial charge >= 0.3 is 0 Å². The predicted molar refractivity (Wildman–Crippen MR) is 136 cm³/mol. The Hall–Kier alpha value is -3.83. The molecule has 0 spiro atoms. The van der Waals surface area contributed by atoms with Crippen LogP contribution in [0.1, 0.15) is 28.2 Å². The first-order valence-corrected chi connectivity index (χ1v) is 13.3. The smallest absolute Gasteiger partial charge is 0.268 e. The van der Waals surface area contributed by atoms with E-state index in [0.717, 1.165) is 35.6 Å². The Morgan fingerprint density at radius 3 is 2.89 bits per heavy atom. The molecule has 1 fully saturated rings. The molecule has 6 rings (SSSR count). The molecule has 3 N–H and O–H groups in total. The van der Waals surface area contributed by atoms with Crippen LogP contribution in [-0.2, 0) is 23.4 Å². The molecule has 2 aliphatic rings. The van der Waals surface area contributed by atoms with Crippen LogP contribution in [0, 0.1) is 6.92 Å². The van der Waals surface area contributed by atoms with Gasteiger partial charge in [0, 0.05) is 38.4 Å². The Kier molecular flexibility index (Phi) is 5.27. The molecule has 0 unspecified atom stereocenters. The van der Waals surface area contributed by atoms with Gasteiger partial charge in [0.15, 0.2) is 0 Å². The Morgan fingerprint density at radius 1 is 1.17 bits per heavy atom. The van der Waals surface area contributed by atoms with E-state index in [1.165, 1.54) is 6.07 Å². The fourth-order valence-corrected chi connectivity index (χ4v) is 6.64. The lowest BCUT2D eigenvalue weighted by Gasteiger charge is -2.20. The van der Waals surface area contributed by atoms with E-state index in [2.05, 4.69) is 26.2 Å². The fraction of sp³-hybridized carbons (Fsp3) is 0.280. The SMILES string of the molecule is Cc1c(S(=O)(=O)c2ccc3c(c2)CNN3)cc(C(=O)N[C@@H]2CCN(c3cccc4ccnn34)C2)n1C. The summed E-state index contributed by atoms with van der Waals surface area (Å²) in [4.78, 5) is 15.8. The molecule has 3 aromatic heterocycles. The number of anilines is 2. The third-order valence-electron chi connectivity index (χ3n) is 7.15. The van der Waals surface area contributed by atoms with Crippen LogP contribution in [0.25, 0.3) is 5.52 Å². The molecule has 11 heteroatoms. The number of benzene rings is 1. The topological polar surface area (TPSA) is 113 Å². The summed E-state index contributed by atoms with van der Waals surface area (Å²) in [6, 6.07) is 14.4. The maximum absolute atomic E-state index is 13.5. The Balaban J connectivity index is 1.22. The number of rotatable bonds is 5. The summed E-state index contributed by atoms with van der Waals surface area (Å²) < 4.78 is 30.5. The van der Waals surface area contributed by atoms with Gasteiger partial charge in [-0.3, -0.25) is 4.79 Å². The zero-order valence-corrected chi connectivity index (χ0v) is 20.8. The van der Waals surface area contributed by atoms with Gasteiger partial charge in [-0.2, -0.15) is 5.10 Å². The molecule has 36 heavy (non-hydrogen) atoms. The summed E-state index contributed by atoms with van der Waals surface area (Å²) in [6.45, 7) is 3.71. The number of pyridine rings is 1. The summed E-state index contributed by atoms with van der Waals surface area (Å²) in [7, 11) is -2.07. The average molecular weight is 506 g/mol. The van der Waals surface area contributed by atoms with Crippen LogP contribution in [0.15, 0.2) is 64.5 Å². The molecule has 186 valence electrons. The van der Waals surface area contributed by atoms with Crippen LogP contribution < -0.4 is 21.1 Å². The summed E-state index contributed by atoms with van der Waals surface area (Å²) in [6.07, 6.45) is 2.56. The molecule has 1 saturated heterocycles. The third kappa shape index (κ3) is 3.62. The number of hydrogen-bond donors (Lipinski definition) is 3. The lowest BCUT2D eigenvalue weighted by atomic mass is 10.2. The zero-order valence-electron chi connectivity index (χ0n) is 20.0. The minimum atomic E-state index is -3.79. The van der Waals surface area contributed by atoms with Crippen molar-refractivity contribution in [2.24, 2.45) is 7.05 Å². The quantitative estimate of drug-likeness (QED) is 0.381. The Bertz CT molecular complexity index is 1610. The van der Waals surface area contributed by atoms with Crippen molar-refractivity contribution in [3.05, 3.63) is 71.7 Å². The first-order valence-electron chi connectivity index (χ1n) is 11.8. The van der Waals surface area contributed by atoms with Crippen LogP contribution >= 0.6 is 0 Å². The molecule has 10 nitrogen and oxygen atoms in total. The highest BCUT2D eigenvalue weighted by atomic mass is 32.2. The van der Waals surface area contributed by atoms with E-state index >= 15 is 0 Å². The molecule has 0 aliphatic carbocycles. The van der Waals surface area contributed by atoms with Crippen molar-refractivity contribution in [2.45, 2.75) is 35.7 Å². The summed E-state index contributed by atoms with van der Waals surface area (Å²) in [5.41, 5.74) is 9.61. The lowest BCUT2D eigenvalue weighted by Crippen LogP contribution is -2.38. The van der Waals surface area contributed by atoms with Gasteiger partial charge in [0.05, 0.1) is 27.2 Å². The van der Waals surface area contributed by atoms with Crippen molar-refractivity contribution in [3.8, 4) is 0 Å². The number of nitrogens with zero attached hydrogens (tertiary/aromatic N) is 4. The van der Waals surface area contributed by atoms with Crippen molar-refractivity contribution in [3.63, 3.8) is 0 Å². The Labute approximate surface area is 208 Å². The summed E-state index contributed by atoms with van der Waals surface area (Å²) in [5.74, 6) is 0.700. The molecular formula is C25H27N7O3S. The molecule has 0 radical (unpaired) electrons. The number of carbonyl (C=O) groups is 1. The second kappa shape index (κ2) is 8.38. The van der Waals surface area contributed by atoms with E-state index in [-0.39, 0.29) is 21.7 Å². The second-order valence-corrected chi connectivity index (χ2v) is 11.2.